The highest BCUT2D eigenvalue weighted by Gasteiger charge is 2.23. The molecule has 1 saturated heterocycles. The summed E-state index contributed by atoms with van der Waals surface area (Å²) in [5.41, 5.74) is 1.79. The van der Waals surface area contributed by atoms with Gasteiger partial charge in [0.1, 0.15) is 5.82 Å². The van der Waals surface area contributed by atoms with Crippen LogP contribution in [0.25, 0.3) is 10.8 Å². The quantitative estimate of drug-likeness (QED) is 0.724. The second kappa shape index (κ2) is 7.00. The van der Waals surface area contributed by atoms with Crippen LogP contribution < -0.4 is 5.56 Å². The number of aromatic nitrogens is 2. The van der Waals surface area contributed by atoms with E-state index in [0.717, 1.165) is 36.0 Å². The Hall–Kier alpha value is -2.53. The Balaban J connectivity index is 1.76. The van der Waals surface area contributed by atoms with Crippen molar-refractivity contribution in [3.8, 4) is 0 Å². The standard InChI is InChI=1S/C21H22FN3O/c1-24-12-4-5-17(24)14-25-21(26)19-7-3-2-6-18(19)20(23-25)13-15-8-10-16(22)11-9-15/h2-3,6-11,17H,4-5,12-14H2,1H3/t17-/m1/s1. The molecule has 1 aromatic heterocycles. The van der Waals surface area contributed by atoms with Crippen LogP contribution in [-0.4, -0.2) is 34.3 Å². The van der Waals surface area contributed by atoms with Crippen LogP contribution >= 0.6 is 0 Å². The minimum Gasteiger partial charge on any atom is -0.302 e. The van der Waals surface area contributed by atoms with Crippen molar-refractivity contribution >= 4 is 10.8 Å². The van der Waals surface area contributed by atoms with Gasteiger partial charge in [-0.1, -0.05) is 30.3 Å². The molecular weight excluding hydrogens is 329 g/mol. The summed E-state index contributed by atoms with van der Waals surface area (Å²) in [5, 5.41) is 6.27. The summed E-state index contributed by atoms with van der Waals surface area (Å²) in [6.45, 7) is 1.67. The van der Waals surface area contributed by atoms with E-state index in [-0.39, 0.29) is 11.4 Å². The SMILES string of the molecule is CN1CCC[C@@H]1Cn1nc(Cc2ccc(F)cc2)c2ccccc2c1=O. The second-order valence-corrected chi connectivity index (χ2v) is 7.06. The van der Waals surface area contributed by atoms with E-state index >= 15 is 0 Å². The molecule has 0 unspecified atom stereocenters. The van der Waals surface area contributed by atoms with Gasteiger partial charge in [0, 0.05) is 17.8 Å². The van der Waals surface area contributed by atoms with Crippen LogP contribution in [0.2, 0.25) is 0 Å². The van der Waals surface area contributed by atoms with Crippen molar-refractivity contribution in [2.75, 3.05) is 13.6 Å². The largest absolute Gasteiger partial charge is 0.302 e. The summed E-state index contributed by atoms with van der Waals surface area (Å²) in [5.74, 6) is -0.249. The van der Waals surface area contributed by atoms with Gasteiger partial charge in [0.25, 0.3) is 5.56 Å². The average Bonchev–Trinajstić information content (AvgIpc) is 3.05. The first-order valence-electron chi connectivity index (χ1n) is 9.05. The zero-order valence-electron chi connectivity index (χ0n) is 14.9. The number of benzene rings is 2. The van der Waals surface area contributed by atoms with E-state index in [1.807, 2.05) is 24.3 Å². The molecule has 0 N–H and O–H groups in total. The number of likely N-dealkylation sites (tertiary alicyclic amines) is 1. The van der Waals surface area contributed by atoms with E-state index in [1.165, 1.54) is 12.1 Å². The van der Waals surface area contributed by atoms with Crippen LogP contribution in [0.5, 0.6) is 0 Å². The lowest BCUT2D eigenvalue weighted by Gasteiger charge is -2.20. The van der Waals surface area contributed by atoms with Gasteiger partial charge < -0.3 is 4.90 Å². The molecule has 1 aliphatic rings. The van der Waals surface area contributed by atoms with Crippen LogP contribution in [0.4, 0.5) is 4.39 Å². The molecular formula is C21H22FN3O. The number of halogens is 1. The second-order valence-electron chi connectivity index (χ2n) is 7.06. The van der Waals surface area contributed by atoms with Crippen molar-refractivity contribution in [2.24, 2.45) is 0 Å². The predicted molar refractivity (Wildman–Crippen MR) is 101 cm³/mol. The molecule has 1 fully saturated rings. The fourth-order valence-corrected chi connectivity index (χ4v) is 3.76. The molecule has 0 bridgehead atoms. The van der Waals surface area contributed by atoms with Gasteiger partial charge in [-0.15, -0.1) is 0 Å². The topological polar surface area (TPSA) is 38.1 Å². The molecule has 1 aliphatic heterocycles. The lowest BCUT2D eigenvalue weighted by atomic mass is 10.0. The number of hydrogen-bond donors (Lipinski definition) is 0. The van der Waals surface area contributed by atoms with Crippen LogP contribution in [0.15, 0.2) is 53.3 Å². The molecule has 3 aromatic rings. The molecule has 0 spiro atoms. The van der Waals surface area contributed by atoms with Gasteiger partial charge in [-0.05, 0) is 50.2 Å². The van der Waals surface area contributed by atoms with E-state index in [2.05, 4.69) is 11.9 Å². The Kier molecular flexibility index (Phi) is 4.55. The molecule has 4 rings (SSSR count). The van der Waals surface area contributed by atoms with Gasteiger partial charge in [0.05, 0.1) is 17.6 Å². The lowest BCUT2D eigenvalue weighted by molar-refractivity contribution is 0.270. The molecule has 2 aromatic carbocycles. The summed E-state index contributed by atoms with van der Waals surface area (Å²) in [4.78, 5) is 15.2. The molecule has 0 radical (unpaired) electrons. The van der Waals surface area contributed by atoms with E-state index in [4.69, 9.17) is 5.10 Å². The normalized spacial score (nSPS) is 17.8. The molecule has 5 heteroatoms. The first-order valence-corrected chi connectivity index (χ1v) is 9.05. The highest BCUT2D eigenvalue weighted by molar-refractivity contribution is 5.83. The highest BCUT2D eigenvalue weighted by atomic mass is 19.1. The number of fused-ring (bicyclic) bond motifs is 1. The van der Waals surface area contributed by atoms with E-state index in [1.54, 1.807) is 16.8 Å². The van der Waals surface area contributed by atoms with Gasteiger partial charge in [-0.3, -0.25) is 4.79 Å². The average molecular weight is 351 g/mol. The van der Waals surface area contributed by atoms with Crippen LogP contribution in [0.1, 0.15) is 24.1 Å². The summed E-state index contributed by atoms with van der Waals surface area (Å²) in [6, 6.07) is 14.4. The maximum Gasteiger partial charge on any atom is 0.274 e. The van der Waals surface area contributed by atoms with Crippen molar-refractivity contribution in [1.29, 1.82) is 0 Å². The van der Waals surface area contributed by atoms with Gasteiger partial charge in [0.2, 0.25) is 0 Å². The Bertz CT molecular complexity index is 981. The number of nitrogens with zero attached hydrogens (tertiary/aromatic N) is 3. The van der Waals surface area contributed by atoms with Crippen molar-refractivity contribution in [2.45, 2.75) is 31.8 Å². The maximum absolute atomic E-state index is 13.2. The van der Waals surface area contributed by atoms with E-state index in [0.29, 0.717) is 24.4 Å². The Morgan fingerprint density at radius 1 is 1.12 bits per heavy atom. The zero-order chi connectivity index (χ0) is 18.1. The Morgan fingerprint density at radius 2 is 1.85 bits per heavy atom. The van der Waals surface area contributed by atoms with Crippen molar-refractivity contribution in [3.05, 3.63) is 76.0 Å². The Morgan fingerprint density at radius 3 is 2.54 bits per heavy atom. The molecule has 0 aliphatic carbocycles. The minimum atomic E-state index is -0.249. The van der Waals surface area contributed by atoms with Gasteiger partial charge in [0.15, 0.2) is 0 Å². The predicted octanol–water partition coefficient (Wildman–Crippen LogP) is 3.22. The van der Waals surface area contributed by atoms with Crippen molar-refractivity contribution in [3.63, 3.8) is 0 Å². The summed E-state index contributed by atoms with van der Waals surface area (Å²) in [6.07, 6.45) is 2.82. The third-order valence-electron chi connectivity index (χ3n) is 5.28. The van der Waals surface area contributed by atoms with Crippen molar-refractivity contribution in [1.82, 2.24) is 14.7 Å². The van der Waals surface area contributed by atoms with Crippen LogP contribution in [0, 0.1) is 5.82 Å². The molecule has 26 heavy (non-hydrogen) atoms. The maximum atomic E-state index is 13.2. The number of rotatable bonds is 4. The third-order valence-corrected chi connectivity index (χ3v) is 5.28. The van der Waals surface area contributed by atoms with E-state index < -0.39 is 0 Å². The molecule has 0 saturated carbocycles. The fourth-order valence-electron chi connectivity index (χ4n) is 3.76. The number of hydrogen-bond acceptors (Lipinski definition) is 3. The first kappa shape index (κ1) is 16.9. The highest BCUT2D eigenvalue weighted by Crippen LogP contribution is 2.19. The minimum absolute atomic E-state index is 0.0382. The summed E-state index contributed by atoms with van der Waals surface area (Å²) in [7, 11) is 2.10. The smallest absolute Gasteiger partial charge is 0.274 e. The monoisotopic (exact) mass is 351 g/mol. The molecule has 4 nitrogen and oxygen atoms in total. The number of likely N-dealkylation sites (N-methyl/N-ethyl adjacent to an activating group) is 1. The zero-order valence-corrected chi connectivity index (χ0v) is 14.9. The summed E-state index contributed by atoms with van der Waals surface area (Å²) < 4.78 is 14.8. The fraction of sp³-hybridized carbons (Fsp3) is 0.333. The van der Waals surface area contributed by atoms with Gasteiger partial charge >= 0.3 is 0 Å². The Labute approximate surface area is 151 Å². The summed E-state index contributed by atoms with van der Waals surface area (Å²) >= 11 is 0. The molecule has 134 valence electrons. The van der Waals surface area contributed by atoms with E-state index in [9.17, 15) is 9.18 Å². The van der Waals surface area contributed by atoms with Gasteiger partial charge in [-0.2, -0.15) is 5.10 Å². The van der Waals surface area contributed by atoms with Crippen LogP contribution in [-0.2, 0) is 13.0 Å². The molecule has 2 heterocycles. The molecule has 1 atom stereocenters. The van der Waals surface area contributed by atoms with Crippen molar-refractivity contribution < 1.29 is 4.39 Å². The molecule has 0 amide bonds. The van der Waals surface area contributed by atoms with Crippen LogP contribution in [0.3, 0.4) is 0 Å². The first-order chi connectivity index (χ1) is 12.6. The lowest BCUT2D eigenvalue weighted by Crippen LogP contribution is -2.35. The van der Waals surface area contributed by atoms with Gasteiger partial charge in [-0.25, -0.2) is 9.07 Å². The third kappa shape index (κ3) is 3.27.